The molecule has 0 unspecified atom stereocenters. The topological polar surface area (TPSA) is 336 Å². The SMILES string of the molecule is CC(C)[C@H](N)C(=O)N1CCC[C@H]1C(=O)N[C@@H](CCCCN)C(=O)N[C@H](CSSC[C@H](N)C(=O)N[C@@H](CCCCN)C(=O)N1CCC[C@H]1C(=O)N[C@H](C(=O)O)C(C)C)C(=O)O. The van der Waals surface area contributed by atoms with Crippen molar-refractivity contribution >= 4 is 69.0 Å². The Morgan fingerprint density at radius 3 is 1.62 bits per heavy atom. The summed E-state index contributed by atoms with van der Waals surface area (Å²) in [6.45, 7) is 8.25. The van der Waals surface area contributed by atoms with Gasteiger partial charge in [0.2, 0.25) is 35.4 Å². The number of carboxylic acid groups (broad SMARTS) is 2. The van der Waals surface area contributed by atoms with E-state index in [0.717, 1.165) is 21.6 Å². The molecule has 60 heavy (non-hydrogen) atoms. The first kappa shape index (κ1) is 52.4. The lowest BCUT2D eigenvalue weighted by molar-refractivity contribution is -0.145. The summed E-state index contributed by atoms with van der Waals surface area (Å²) in [7, 11) is 2.15. The molecule has 342 valence electrons. The number of aliphatic carboxylic acids is 2. The first-order chi connectivity index (χ1) is 28.4. The number of hydrogen-bond donors (Lipinski definition) is 10. The first-order valence-corrected chi connectivity index (χ1v) is 23.3. The van der Waals surface area contributed by atoms with Crippen molar-refractivity contribution in [3.05, 3.63) is 0 Å². The van der Waals surface area contributed by atoms with Crippen LogP contribution in [0.3, 0.4) is 0 Å². The molecule has 22 heteroatoms. The number of nitrogens with one attached hydrogen (secondary N) is 4. The number of rotatable bonds is 27. The maximum absolute atomic E-state index is 13.8. The van der Waals surface area contributed by atoms with Gasteiger partial charge in [-0.05, 0) is 89.1 Å². The zero-order chi connectivity index (χ0) is 45.1. The molecule has 2 aliphatic rings. The number of carboxylic acids is 2. The molecule has 0 aliphatic carbocycles. The van der Waals surface area contributed by atoms with Gasteiger partial charge in [-0.2, -0.15) is 0 Å². The Labute approximate surface area is 360 Å². The number of nitrogens with zero attached hydrogens (tertiary/aromatic N) is 2. The summed E-state index contributed by atoms with van der Waals surface area (Å²) in [5.74, 6) is -6.48. The minimum absolute atomic E-state index is 0.00979. The van der Waals surface area contributed by atoms with Gasteiger partial charge < -0.3 is 64.2 Å². The van der Waals surface area contributed by atoms with Gasteiger partial charge in [-0.3, -0.25) is 28.8 Å². The van der Waals surface area contributed by atoms with Crippen LogP contribution in [0.2, 0.25) is 0 Å². The summed E-state index contributed by atoms with van der Waals surface area (Å²) in [5.41, 5.74) is 23.6. The second-order valence-electron chi connectivity index (χ2n) is 16.0. The molecule has 0 bridgehead atoms. The summed E-state index contributed by atoms with van der Waals surface area (Å²) in [6.07, 6.45) is 4.34. The van der Waals surface area contributed by atoms with E-state index in [9.17, 15) is 48.6 Å². The molecule has 2 saturated heterocycles. The fourth-order valence-corrected chi connectivity index (χ4v) is 9.14. The predicted molar refractivity (Wildman–Crippen MR) is 229 cm³/mol. The molecule has 0 radical (unpaired) electrons. The summed E-state index contributed by atoms with van der Waals surface area (Å²) in [4.78, 5) is 107. The smallest absolute Gasteiger partial charge is 0.327 e. The van der Waals surface area contributed by atoms with Crippen LogP contribution >= 0.6 is 21.6 Å². The van der Waals surface area contributed by atoms with E-state index >= 15 is 0 Å². The molecule has 2 rings (SSSR count). The number of carbonyl (C=O) groups is 8. The highest BCUT2D eigenvalue weighted by molar-refractivity contribution is 8.76. The van der Waals surface area contributed by atoms with Gasteiger partial charge in [0, 0.05) is 24.6 Å². The van der Waals surface area contributed by atoms with Gasteiger partial charge in [0.25, 0.3) is 0 Å². The van der Waals surface area contributed by atoms with Crippen LogP contribution in [0.1, 0.15) is 91.9 Å². The van der Waals surface area contributed by atoms with E-state index in [-0.39, 0.29) is 42.7 Å². The highest BCUT2D eigenvalue weighted by Gasteiger charge is 2.40. The first-order valence-electron chi connectivity index (χ1n) is 20.8. The van der Waals surface area contributed by atoms with E-state index in [1.54, 1.807) is 13.8 Å². The molecule has 6 amide bonds. The minimum Gasteiger partial charge on any atom is -0.480 e. The predicted octanol–water partition coefficient (Wildman–Crippen LogP) is -1.32. The van der Waals surface area contributed by atoms with Crippen molar-refractivity contribution in [2.24, 2.45) is 34.8 Å². The molecule has 8 atom stereocenters. The zero-order valence-corrected chi connectivity index (χ0v) is 36.9. The van der Waals surface area contributed by atoms with Crippen LogP contribution in [-0.2, 0) is 38.4 Å². The Hall–Kier alpha value is -3.70. The average molecular weight is 889 g/mol. The molecule has 14 N–H and O–H groups in total. The van der Waals surface area contributed by atoms with E-state index in [2.05, 4.69) is 21.3 Å². The third kappa shape index (κ3) is 16.3. The van der Waals surface area contributed by atoms with E-state index in [0.29, 0.717) is 71.0 Å². The molecule has 0 aromatic heterocycles. The molecule has 0 spiro atoms. The maximum atomic E-state index is 13.8. The van der Waals surface area contributed by atoms with Crippen molar-refractivity contribution < 1.29 is 48.6 Å². The number of amides is 6. The molecule has 2 fully saturated rings. The molecular formula is C38H68N10O10S2. The number of nitrogens with two attached hydrogens (primary N) is 4. The second kappa shape index (κ2) is 26.6. The number of unbranched alkanes of at least 4 members (excludes halogenated alkanes) is 2. The Bertz CT molecular complexity index is 1480. The minimum atomic E-state index is -1.37. The van der Waals surface area contributed by atoms with Gasteiger partial charge in [0.05, 0.1) is 12.1 Å². The highest BCUT2D eigenvalue weighted by Crippen LogP contribution is 2.25. The van der Waals surface area contributed by atoms with E-state index in [1.807, 2.05) is 13.8 Å². The van der Waals surface area contributed by atoms with Gasteiger partial charge in [-0.25, -0.2) is 9.59 Å². The lowest BCUT2D eigenvalue weighted by Crippen LogP contribution is -2.57. The van der Waals surface area contributed by atoms with Crippen LogP contribution in [0.4, 0.5) is 0 Å². The van der Waals surface area contributed by atoms with Gasteiger partial charge in [0.15, 0.2) is 0 Å². The summed E-state index contributed by atoms with van der Waals surface area (Å²) in [5, 5.41) is 30.0. The van der Waals surface area contributed by atoms with Crippen LogP contribution in [0, 0.1) is 11.8 Å². The average Bonchev–Trinajstić information content (AvgIpc) is 3.90. The van der Waals surface area contributed by atoms with Crippen molar-refractivity contribution in [1.29, 1.82) is 0 Å². The largest absolute Gasteiger partial charge is 0.480 e. The van der Waals surface area contributed by atoms with Crippen molar-refractivity contribution in [1.82, 2.24) is 31.1 Å². The normalized spacial score (nSPS) is 19.6. The van der Waals surface area contributed by atoms with Crippen molar-refractivity contribution in [3.63, 3.8) is 0 Å². The molecular weight excluding hydrogens is 821 g/mol. The van der Waals surface area contributed by atoms with E-state index in [1.165, 1.54) is 9.80 Å². The van der Waals surface area contributed by atoms with Crippen molar-refractivity contribution in [2.45, 2.75) is 140 Å². The Kier molecular flexibility index (Phi) is 23.2. The lowest BCUT2D eigenvalue weighted by atomic mass is 10.0. The Morgan fingerprint density at radius 2 is 1.12 bits per heavy atom. The Balaban J connectivity index is 2.02. The fraction of sp³-hybridized carbons (Fsp3) is 0.789. The monoisotopic (exact) mass is 888 g/mol. The molecule has 0 saturated carbocycles. The summed E-state index contributed by atoms with van der Waals surface area (Å²) in [6, 6.07) is -8.26. The van der Waals surface area contributed by atoms with Gasteiger partial charge in [-0.15, -0.1) is 0 Å². The maximum Gasteiger partial charge on any atom is 0.327 e. The van der Waals surface area contributed by atoms with Crippen LogP contribution in [0.25, 0.3) is 0 Å². The van der Waals surface area contributed by atoms with Gasteiger partial charge in [-0.1, -0.05) is 49.3 Å². The fourth-order valence-electron chi connectivity index (χ4n) is 6.86. The van der Waals surface area contributed by atoms with Crippen molar-refractivity contribution in [2.75, 3.05) is 37.7 Å². The van der Waals surface area contributed by atoms with Crippen molar-refractivity contribution in [3.8, 4) is 0 Å². The standard InChI is InChI=1S/C38H68N10O10S2/c1-21(2)29(42)36(54)48-18-10-13-27(48)33(51)43-24(11-5-7-15-39)32(50)45-26(37(55)56)20-60-59-19-23(41)31(49)44-25(12-6-8-16-40)35(53)47-17-9-14-28(47)34(52)46-30(22(3)4)38(57)58/h21-30H,5-20,39-42H2,1-4H3,(H,43,51)(H,44,49)(H,45,50)(H,46,52)(H,55,56)(H,57,58)/t23-,24-,25-,26+,27-,28-,29-,30-/m0/s1. The van der Waals surface area contributed by atoms with Crippen LogP contribution in [0.5, 0.6) is 0 Å². The Morgan fingerprint density at radius 1 is 0.617 bits per heavy atom. The van der Waals surface area contributed by atoms with Crippen LogP contribution in [0.15, 0.2) is 0 Å². The highest BCUT2D eigenvalue weighted by atomic mass is 33.1. The van der Waals surface area contributed by atoms with Crippen LogP contribution in [-0.4, -0.2) is 153 Å². The molecule has 0 aromatic rings. The number of likely N-dealkylation sites (tertiary alicyclic amines) is 2. The number of carbonyl (C=O) groups excluding carboxylic acids is 6. The van der Waals surface area contributed by atoms with Crippen LogP contribution < -0.4 is 44.2 Å². The number of hydrogen-bond acceptors (Lipinski definition) is 14. The molecule has 0 aromatic carbocycles. The summed E-state index contributed by atoms with van der Waals surface area (Å²) < 4.78 is 0. The van der Waals surface area contributed by atoms with E-state index in [4.69, 9.17) is 22.9 Å². The van der Waals surface area contributed by atoms with Gasteiger partial charge in [0.1, 0.15) is 36.3 Å². The van der Waals surface area contributed by atoms with Gasteiger partial charge >= 0.3 is 11.9 Å². The quantitative estimate of drug-likeness (QED) is 0.0338. The lowest BCUT2D eigenvalue weighted by Gasteiger charge is -2.30. The third-order valence-corrected chi connectivity index (χ3v) is 13.0. The molecule has 2 heterocycles. The third-order valence-electron chi connectivity index (χ3n) is 10.6. The second-order valence-corrected chi connectivity index (χ2v) is 18.5. The zero-order valence-electron chi connectivity index (χ0n) is 35.3. The summed E-state index contributed by atoms with van der Waals surface area (Å²) >= 11 is 0. The molecule has 2 aliphatic heterocycles. The molecule has 20 nitrogen and oxygen atoms in total. The van der Waals surface area contributed by atoms with E-state index < -0.39 is 95.7 Å².